The van der Waals surface area contributed by atoms with Gasteiger partial charge in [-0.05, 0) is 34.9 Å². The monoisotopic (exact) mass is 441 g/mol. The highest BCUT2D eigenvalue weighted by Gasteiger charge is 2.40. The summed E-state index contributed by atoms with van der Waals surface area (Å²) in [6.07, 6.45) is 3.04. The molecule has 0 saturated carbocycles. The van der Waals surface area contributed by atoms with Gasteiger partial charge < -0.3 is 14.5 Å². The topological polar surface area (TPSA) is 84.7 Å². The zero-order valence-electron chi connectivity index (χ0n) is 17.9. The van der Waals surface area contributed by atoms with E-state index < -0.39 is 12.1 Å². The molecule has 7 nitrogen and oxygen atoms in total. The van der Waals surface area contributed by atoms with Crippen molar-refractivity contribution >= 4 is 22.8 Å². The van der Waals surface area contributed by atoms with Crippen LogP contribution in [0.4, 0.5) is 4.79 Å². The summed E-state index contributed by atoms with van der Waals surface area (Å²) in [5.74, 6) is 0.241. The van der Waals surface area contributed by atoms with E-state index >= 15 is 0 Å². The van der Waals surface area contributed by atoms with Crippen LogP contribution in [0.3, 0.4) is 0 Å². The number of hydrogen-bond acceptors (Lipinski definition) is 5. The fourth-order valence-electron chi connectivity index (χ4n) is 4.18. The Kier molecular flexibility index (Phi) is 5.76. The van der Waals surface area contributed by atoms with E-state index in [1.807, 2.05) is 72.8 Å². The third-order valence-electron chi connectivity index (χ3n) is 5.82. The second kappa shape index (κ2) is 9.16. The predicted octanol–water partition coefficient (Wildman–Crippen LogP) is 4.71. The first-order valence-electron chi connectivity index (χ1n) is 10.8. The zero-order valence-corrected chi connectivity index (χ0v) is 17.9. The van der Waals surface area contributed by atoms with Gasteiger partial charge in [-0.25, -0.2) is 9.78 Å². The SMILES string of the molecule is O=C(NC1CC(c2ncco2)N(C(=O)OCc2ccccc2)C1)c1ccc2ccccc2c1. The van der Waals surface area contributed by atoms with E-state index in [1.54, 1.807) is 11.1 Å². The molecule has 3 aromatic carbocycles. The van der Waals surface area contributed by atoms with E-state index in [9.17, 15) is 9.59 Å². The second-order valence-electron chi connectivity index (χ2n) is 8.05. The number of benzene rings is 3. The quantitative estimate of drug-likeness (QED) is 0.485. The molecule has 0 aliphatic carbocycles. The van der Waals surface area contributed by atoms with Crippen molar-refractivity contribution in [1.29, 1.82) is 0 Å². The molecule has 166 valence electrons. The Morgan fingerprint density at radius 3 is 2.61 bits per heavy atom. The molecular formula is C26H23N3O4. The Morgan fingerprint density at radius 1 is 1.03 bits per heavy atom. The lowest BCUT2D eigenvalue weighted by Gasteiger charge is -2.21. The van der Waals surface area contributed by atoms with E-state index in [1.165, 1.54) is 6.26 Å². The molecule has 2 heterocycles. The smallest absolute Gasteiger partial charge is 0.410 e. The highest BCUT2D eigenvalue weighted by atomic mass is 16.6. The molecule has 5 rings (SSSR count). The molecule has 7 heteroatoms. The fourth-order valence-corrected chi connectivity index (χ4v) is 4.18. The Hall–Kier alpha value is -4.13. The molecule has 1 N–H and O–H groups in total. The number of aromatic nitrogens is 1. The summed E-state index contributed by atoms with van der Waals surface area (Å²) in [6.45, 7) is 0.475. The highest BCUT2D eigenvalue weighted by Crippen LogP contribution is 2.32. The number of carbonyl (C=O) groups excluding carboxylic acids is 2. The summed E-state index contributed by atoms with van der Waals surface area (Å²) in [6, 6.07) is 22.3. The van der Waals surface area contributed by atoms with E-state index in [4.69, 9.17) is 9.15 Å². The number of fused-ring (bicyclic) bond motifs is 1. The van der Waals surface area contributed by atoms with E-state index in [0.29, 0.717) is 24.4 Å². The van der Waals surface area contributed by atoms with Gasteiger partial charge >= 0.3 is 6.09 Å². The van der Waals surface area contributed by atoms with Crippen LogP contribution in [0.25, 0.3) is 10.8 Å². The molecule has 2 atom stereocenters. The molecule has 1 aliphatic heterocycles. The van der Waals surface area contributed by atoms with Gasteiger partial charge in [-0.2, -0.15) is 0 Å². The predicted molar refractivity (Wildman–Crippen MR) is 122 cm³/mol. The number of nitrogens with zero attached hydrogens (tertiary/aromatic N) is 2. The van der Waals surface area contributed by atoms with Gasteiger partial charge in [-0.3, -0.25) is 9.69 Å². The molecule has 2 unspecified atom stereocenters. The van der Waals surface area contributed by atoms with E-state index in [2.05, 4.69) is 10.3 Å². The van der Waals surface area contributed by atoms with Crippen molar-refractivity contribution in [2.45, 2.75) is 25.1 Å². The highest BCUT2D eigenvalue weighted by molar-refractivity contribution is 5.98. The van der Waals surface area contributed by atoms with Crippen LogP contribution in [0.2, 0.25) is 0 Å². The number of carbonyl (C=O) groups is 2. The number of hydrogen-bond donors (Lipinski definition) is 1. The van der Waals surface area contributed by atoms with Crippen molar-refractivity contribution in [3.63, 3.8) is 0 Å². The van der Waals surface area contributed by atoms with Crippen LogP contribution < -0.4 is 5.32 Å². The summed E-state index contributed by atoms with van der Waals surface area (Å²) in [5.41, 5.74) is 1.48. The minimum absolute atomic E-state index is 0.169. The lowest BCUT2D eigenvalue weighted by molar-refractivity contribution is 0.0859. The number of nitrogens with one attached hydrogen (secondary N) is 1. The zero-order chi connectivity index (χ0) is 22.6. The Morgan fingerprint density at radius 2 is 1.82 bits per heavy atom. The minimum atomic E-state index is -0.468. The average Bonchev–Trinajstić information content (AvgIpc) is 3.53. The molecule has 1 fully saturated rings. The number of oxazole rings is 1. The summed E-state index contributed by atoms with van der Waals surface area (Å²) in [4.78, 5) is 31.6. The van der Waals surface area contributed by atoms with Crippen LogP contribution in [-0.2, 0) is 11.3 Å². The molecule has 1 aromatic heterocycles. The van der Waals surface area contributed by atoms with Gasteiger partial charge in [0.05, 0.1) is 6.20 Å². The molecule has 0 radical (unpaired) electrons. The Balaban J connectivity index is 1.29. The average molecular weight is 441 g/mol. The molecular weight excluding hydrogens is 418 g/mol. The third kappa shape index (κ3) is 4.57. The maximum Gasteiger partial charge on any atom is 0.410 e. The largest absolute Gasteiger partial charge is 0.447 e. The van der Waals surface area contributed by atoms with E-state index in [-0.39, 0.29) is 18.6 Å². The van der Waals surface area contributed by atoms with Crippen molar-refractivity contribution in [3.8, 4) is 0 Å². The second-order valence-corrected chi connectivity index (χ2v) is 8.05. The van der Waals surface area contributed by atoms with Crippen LogP contribution in [0.5, 0.6) is 0 Å². The Labute approximate surface area is 191 Å². The van der Waals surface area contributed by atoms with Gasteiger partial charge in [0.15, 0.2) is 0 Å². The summed E-state index contributed by atoms with van der Waals surface area (Å²) in [7, 11) is 0. The lowest BCUT2D eigenvalue weighted by atomic mass is 10.1. The van der Waals surface area contributed by atoms with Crippen LogP contribution in [0.15, 0.2) is 89.7 Å². The maximum atomic E-state index is 12.9. The van der Waals surface area contributed by atoms with Gasteiger partial charge in [0.1, 0.15) is 18.9 Å². The van der Waals surface area contributed by atoms with Gasteiger partial charge in [0.2, 0.25) is 5.89 Å². The fraction of sp³-hybridized carbons (Fsp3) is 0.192. The molecule has 33 heavy (non-hydrogen) atoms. The summed E-state index contributed by atoms with van der Waals surface area (Å²) < 4.78 is 11.0. The van der Waals surface area contributed by atoms with Crippen molar-refractivity contribution in [2.24, 2.45) is 0 Å². The van der Waals surface area contributed by atoms with Gasteiger partial charge in [-0.1, -0.05) is 60.7 Å². The van der Waals surface area contributed by atoms with Crippen LogP contribution >= 0.6 is 0 Å². The number of rotatable bonds is 5. The number of ether oxygens (including phenoxy) is 1. The first kappa shape index (κ1) is 20.8. The third-order valence-corrected chi connectivity index (χ3v) is 5.82. The first-order valence-corrected chi connectivity index (χ1v) is 10.8. The Bertz CT molecular complexity index is 1260. The normalized spacial score (nSPS) is 17.8. The lowest BCUT2D eigenvalue weighted by Crippen LogP contribution is -2.38. The minimum Gasteiger partial charge on any atom is -0.447 e. The molecule has 1 saturated heterocycles. The molecule has 2 amide bonds. The van der Waals surface area contributed by atoms with Crippen molar-refractivity contribution in [2.75, 3.05) is 6.54 Å². The van der Waals surface area contributed by atoms with Crippen LogP contribution in [0, 0.1) is 0 Å². The first-order chi connectivity index (χ1) is 16.2. The van der Waals surface area contributed by atoms with Crippen molar-refractivity contribution < 1.29 is 18.7 Å². The van der Waals surface area contributed by atoms with Crippen LogP contribution in [-0.4, -0.2) is 34.5 Å². The molecule has 1 aliphatic rings. The van der Waals surface area contributed by atoms with Crippen molar-refractivity contribution in [3.05, 3.63) is 102 Å². The maximum absolute atomic E-state index is 12.9. The van der Waals surface area contributed by atoms with Gasteiger partial charge in [0, 0.05) is 18.2 Å². The number of amides is 2. The summed E-state index contributed by atoms with van der Waals surface area (Å²) >= 11 is 0. The standard InChI is InChI=1S/C26H23N3O4/c30-24(21-11-10-19-8-4-5-9-20(19)14-21)28-22-15-23(25-27-12-13-32-25)29(16-22)26(31)33-17-18-6-2-1-3-7-18/h1-14,22-23H,15-17H2,(H,28,30). The van der Waals surface area contributed by atoms with E-state index in [0.717, 1.165) is 16.3 Å². The number of likely N-dealkylation sites (tertiary alicyclic amines) is 1. The van der Waals surface area contributed by atoms with Gasteiger partial charge in [-0.15, -0.1) is 0 Å². The molecule has 0 spiro atoms. The van der Waals surface area contributed by atoms with Crippen LogP contribution in [0.1, 0.15) is 34.3 Å². The molecule has 4 aromatic rings. The summed E-state index contributed by atoms with van der Waals surface area (Å²) in [5, 5.41) is 5.13. The molecule has 0 bridgehead atoms. The van der Waals surface area contributed by atoms with Crippen molar-refractivity contribution in [1.82, 2.24) is 15.2 Å². The van der Waals surface area contributed by atoms with Gasteiger partial charge in [0.25, 0.3) is 5.91 Å².